The zero-order chi connectivity index (χ0) is 16.9. The van der Waals surface area contributed by atoms with Crippen molar-refractivity contribution >= 4 is 5.97 Å². The molecule has 0 aromatic carbocycles. The van der Waals surface area contributed by atoms with E-state index in [1.165, 1.54) is 0 Å². The molecule has 1 saturated heterocycles. The lowest BCUT2D eigenvalue weighted by atomic mass is 9.46. The molecule has 1 saturated carbocycles. The lowest BCUT2D eigenvalue weighted by Gasteiger charge is -2.58. The van der Waals surface area contributed by atoms with Gasteiger partial charge in [0.1, 0.15) is 6.61 Å². The molecule has 1 N–H and O–H groups in total. The van der Waals surface area contributed by atoms with E-state index in [9.17, 15) is 9.90 Å². The third-order valence-corrected chi connectivity index (χ3v) is 7.61. The zero-order valence-corrected chi connectivity index (χ0v) is 14.7. The van der Waals surface area contributed by atoms with Crippen molar-refractivity contribution in [2.75, 3.05) is 13.2 Å². The average molecular weight is 332 g/mol. The van der Waals surface area contributed by atoms with E-state index in [4.69, 9.17) is 9.47 Å². The fourth-order valence-corrected chi connectivity index (χ4v) is 5.86. The van der Waals surface area contributed by atoms with Crippen molar-refractivity contribution in [2.45, 2.75) is 52.2 Å². The Hall–Kier alpha value is -1.13. The molecule has 4 rings (SSSR count). The van der Waals surface area contributed by atoms with Crippen molar-refractivity contribution in [3.8, 4) is 0 Å². The van der Waals surface area contributed by atoms with E-state index in [-0.39, 0.29) is 22.7 Å². The SMILES string of the molecule is C[C@@H]1CC[C@@]23CO[C@@H](O)[C@@H]2C=CC[C@@H]3[C@@]1(C)CCC1=CCOC1=O. The minimum atomic E-state index is -0.658. The van der Waals surface area contributed by atoms with Gasteiger partial charge in [-0.25, -0.2) is 4.79 Å². The molecule has 4 heteroatoms. The second-order valence-electron chi connectivity index (χ2n) is 8.45. The molecule has 0 aromatic rings. The molecular weight excluding hydrogens is 304 g/mol. The van der Waals surface area contributed by atoms with Gasteiger partial charge in [-0.05, 0) is 55.4 Å². The monoisotopic (exact) mass is 332 g/mol. The average Bonchev–Trinajstić information content (AvgIpc) is 3.13. The molecule has 0 unspecified atom stereocenters. The van der Waals surface area contributed by atoms with Crippen molar-refractivity contribution in [3.63, 3.8) is 0 Å². The molecule has 2 heterocycles. The van der Waals surface area contributed by atoms with Crippen LogP contribution in [0.2, 0.25) is 0 Å². The highest BCUT2D eigenvalue weighted by molar-refractivity contribution is 5.90. The summed E-state index contributed by atoms with van der Waals surface area (Å²) in [5.74, 6) is 1.09. The third kappa shape index (κ3) is 2.22. The lowest BCUT2D eigenvalue weighted by molar-refractivity contribution is -0.136. The fourth-order valence-electron chi connectivity index (χ4n) is 5.86. The predicted octanol–water partition coefficient (Wildman–Crippen LogP) is 3.21. The standard InChI is InChI=1S/C20H28O4/c1-13-6-10-20-12-24-18(22)15(20)4-3-5-16(20)19(13,2)9-7-14-8-11-23-17(14)21/h3-4,8,13,15-16,18,22H,5-7,9-12H2,1-2H3/t13-,15+,16-,18-,19+,20-/m1/s1. The number of carbonyl (C=O) groups is 1. The maximum Gasteiger partial charge on any atom is 0.334 e. The Kier molecular flexibility index (Phi) is 3.88. The number of carbonyl (C=O) groups excluding carboxylic acids is 1. The summed E-state index contributed by atoms with van der Waals surface area (Å²) in [6.45, 7) is 5.85. The highest BCUT2D eigenvalue weighted by Crippen LogP contribution is 2.64. The van der Waals surface area contributed by atoms with Crippen molar-refractivity contribution in [1.29, 1.82) is 0 Å². The van der Waals surface area contributed by atoms with Crippen LogP contribution in [0.4, 0.5) is 0 Å². The Balaban J connectivity index is 1.61. The Morgan fingerprint density at radius 1 is 1.42 bits per heavy atom. The Bertz CT molecular complexity index is 594. The van der Waals surface area contributed by atoms with Crippen LogP contribution in [0.15, 0.2) is 23.8 Å². The first kappa shape index (κ1) is 16.3. The number of cyclic esters (lactones) is 1. The van der Waals surface area contributed by atoms with Gasteiger partial charge in [-0.1, -0.05) is 26.0 Å². The first-order chi connectivity index (χ1) is 11.5. The molecule has 0 amide bonds. The summed E-state index contributed by atoms with van der Waals surface area (Å²) in [6.07, 6.45) is 10.8. The van der Waals surface area contributed by atoms with Gasteiger partial charge in [0.25, 0.3) is 0 Å². The van der Waals surface area contributed by atoms with E-state index in [2.05, 4.69) is 26.0 Å². The Morgan fingerprint density at radius 3 is 3.00 bits per heavy atom. The van der Waals surface area contributed by atoms with Crippen LogP contribution < -0.4 is 0 Å². The molecule has 24 heavy (non-hydrogen) atoms. The number of aliphatic hydroxyl groups is 1. The van der Waals surface area contributed by atoms with E-state index in [1.807, 2.05) is 6.08 Å². The van der Waals surface area contributed by atoms with Crippen LogP contribution in [0.1, 0.15) is 46.0 Å². The van der Waals surface area contributed by atoms with Crippen molar-refractivity contribution in [1.82, 2.24) is 0 Å². The molecule has 4 aliphatic rings. The largest absolute Gasteiger partial charge is 0.458 e. The highest BCUT2D eigenvalue weighted by Gasteiger charge is 2.61. The van der Waals surface area contributed by atoms with Crippen molar-refractivity contribution in [3.05, 3.63) is 23.8 Å². The predicted molar refractivity (Wildman–Crippen MR) is 89.9 cm³/mol. The minimum absolute atomic E-state index is 0.0694. The molecule has 0 aromatic heterocycles. The summed E-state index contributed by atoms with van der Waals surface area (Å²) in [5, 5.41) is 10.3. The van der Waals surface area contributed by atoms with Gasteiger partial charge in [0.2, 0.25) is 0 Å². The lowest BCUT2D eigenvalue weighted by Crippen LogP contribution is -2.53. The van der Waals surface area contributed by atoms with Gasteiger partial charge in [0, 0.05) is 16.9 Å². The van der Waals surface area contributed by atoms with E-state index in [0.717, 1.165) is 37.7 Å². The molecule has 132 valence electrons. The molecule has 2 fully saturated rings. The van der Waals surface area contributed by atoms with Crippen molar-refractivity contribution in [2.24, 2.45) is 28.6 Å². The molecule has 4 nitrogen and oxygen atoms in total. The number of hydrogen-bond acceptors (Lipinski definition) is 4. The third-order valence-electron chi connectivity index (χ3n) is 7.61. The van der Waals surface area contributed by atoms with Gasteiger partial charge in [0.15, 0.2) is 6.29 Å². The van der Waals surface area contributed by atoms with Gasteiger partial charge in [0.05, 0.1) is 6.61 Å². The minimum Gasteiger partial charge on any atom is -0.458 e. The van der Waals surface area contributed by atoms with Crippen LogP contribution in [-0.2, 0) is 14.3 Å². The Morgan fingerprint density at radius 2 is 2.25 bits per heavy atom. The maximum absolute atomic E-state index is 11.8. The van der Waals surface area contributed by atoms with Crippen LogP contribution in [0, 0.1) is 28.6 Å². The van der Waals surface area contributed by atoms with Gasteiger partial charge < -0.3 is 14.6 Å². The van der Waals surface area contributed by atoms with Crippen LogP contribution in [0.5, 0.6) is 0 Å². The summed E-state index contributed by atoms with van der Waals surface area (Å²) >= 11 is 0. The number of hydrogen-bond donors (Lipinski definition) is 1. The van der Waals surface area contributed by atoms with E-state index in [0.29, 0.717) is 25.0 Å². The van der Waals surface area contributed by atoms with Crippen LogP contribution >= 0.6 is 0 Å². The second-order valence-corrected chi connectivity index (χ2v) is 8.45. The van der Waals surface area contributed by atoms with E-state index < -0.39 is 6.29 Å². The highest BCUT2D eigenvalue weighted by atomic mass is 16.6. The Labute approximate surface area is 143 Å². The number of allylic oxidation sites excluding steroid dienone is 1. The fraction of sp³-hybridized carbons (Fsp3) is 0.750. The smallest absolute Gasteiger partial charge is 0.334 e. The number of ether oxygens (including phenoxy) is 2. The van der Waals surface area contributed by atoms with Gasteiger partial charge in [-0.15, -0.1) is 0 Å². The van der Waals surface area contributed by atoms with Gasteiger partial charge in [-0.3, -0.25) is 0 Å². The molecule has 0 bridgehead atoms. The van der Waals surface area contributed by atoms with E-state index >= 15 is 0 Å². The summed E-state index contributed by atoms with van der Waals surface area (Å²) in [7, 11) is 0. The van der Waals surface area contributed by atoms with Crippen LogP contribution in [0.3, 0.4) is 0 Å². The molecule has 6 atom stereocenters. The summed E-state index contributed by atoms with van der Waals surface area (Å²) in [4.78, 5) is 11.8. The maximum atomic E-state index is 11.8. The molecule has 0 radical (unpaired) electrons. The van der Waals surface area contributed by atoms with Crippen LogP contribution in [-0.4, -0.2) is 30.6 Å². The first-order valence-corrected chi connectivity index (χ1v) is 9.30. The number of rotatable bonds is 3. The van der Waals surface area contributed by atoms with Gasteiger partial charge >= 0.3 is 5.97 Å². The summed E-state index contributed by atoms with van der Waals surface area (Å²) in [6, 6.07) is 0. The molecule has 2 aliphatic heterocycles. The van der Waals surface area contributed by atoms with Crippen LogP contribution in [0.25, 0.3) is 0 Å². The summed E-state index contributed by atoms with van der Waals surface area (Å²) < 4.78 is 10.8. The first-order valence-electron chi connectivity index (χ1n) is 9.30. The zero-order valence-electron chi connectivity index (χ0n) is 14.7. The number of esters is 1. The molecule has 1 spiro atoms. The summed E-state index contributed by atoms with van der Waals surface area (Å²) in [5.41, 5.74) is 1.06. The topological polar surface area (TPSA) is 55.8 Å². The normalized spacial score (nSPS) is 47.1. The second kappa shape index (κ2) is 5.70. The van der Waals surface area contributed by atoms with Crippen molar-refractivity contribution < 1.29 is 19.4 Å². The van der Waals surface area contributed by atoms with Gasteiger partial charge in [-0.2, -0.15) is 0 Å². The number of aliphatic hydroxyl groups excluding tert-OH is 1. The quantitative estimate of drug-likeness (QED) is 0.637. The molecular formula is C20H28O4. The molecule has 2 aliphatic carbocycles. The van der Waals surface area contributed by atoms with E-state index in [1.54, 1.807) is 0 Å².